The zero-order chi connectivity index (χ0) is 22.4. The molecule has 158 valence electrons. The van der Waals surface area contributed by atoms with Crippen LogP contribution in [-0.2, 0) is 6.54 Å². The van der Waals surface area contributed by atoms with Crippen LogP contribution >= 0.6 is 11.6 Å². The highest BCUT2D eigenvalue weighted by Gasteiger charge is 2.17. The average Bonchev–Trinajstić information content (AvgIpc) is 3.06. The van der Waals surface area contributed by atoms with Crippen molar-refractivity contribution in [2.45, 2.75) is 20.4 Å². The van der Waals surface area contributed by atoms with E-state index < -0.39 is 5.91 Å². The number of rotatable bonds is 4. The fourth-order valence-electron chi connectivity index (χ4n) is 4.68. The largest absolute Gasteiger partial charge is 0.366 e. The van der Waals surface area contributed by atoms with Crippen LogP contribution in [0.4, 0.5) is 0 Å². The number of carbonyl (C=O) groups is 1. The van der Waals surface area contributed by atoms with Gasteiger partial charge in [0.05, 0.1) is 11.0 Å². The van der Waals surface area contributed by atoms with Gasteiger partial charge >= 0.3 is 0 Å². The lowest BCUT2D eigenvalue weighted by Crippen LogP contribution is -2.11. The summed E-state index contributed by atoms with van der Waals surface area (Å²) in [4.78, 5) is 12.2. The second kappa shape index (κ2) is 7.85. The van der Waals surface area contributed by atoms with Crippen LogP contribution in [0.2, 0.25) is 5.02 Å². The lowest BCUT2D eigenvalue weighted by atomic mass is 10.0. The summed E-state index contributed by atoms with van der Waals surface area (Å²) in [6, 6.07) is 26.6. The molecule has 0 aliphatic rings. The fourth-order valence-corrected chi connectivity index (χ4v) is 4.81. The number of hydrogen-bond donors (Lipinski definition) is 1. The maximum Gasteiger partial charge on any atom is 0.249 e. The average molecular weight is 439 g/mol. The Balaban J connectivity index is 1.79. The van der Waals surface area contributed by atoms with Gasteiger partial charge < -0.3 is 10.3 Å². The molecule has 0 unspecified atom stereocenters. The highest BCUT2D eigenvalue weighted by Crippen LogP contribution is 2.35. The summed E-state index contributed by atoms with van der Waals surface area (Å²) in [6.45, 7) is 4.94. The number of hydrogen-bond acceptors (Lipinski definition) is 1. The zero-order valence-electron chi connectivity index (χ0n) is 18.0. The van der Waals surface area contributed by atoms with E-state index in [1.807, 2.05) is 30.3 Å². The van der Waals surface area contributed by atoms with E-state index in [0.29, 0.717) is 17.1 Å². The summed E-state index contributed by atoms with van der Waals surface area (Å²) in [5.41, 5.74) is 14.3. The van der Waals surface area contributed by atoms with Crippen molar-refractivity contribution >= 4 is 39.3 Å². The first-order valence-corrected chi connectivity index (χ1v) is 11.0. The summed E-state index contributed by atoms with van der Waals surface area (Å²) < 4.78 is 2.28. The number of aryl methyl sites for hydroxylation is 2. The first kappa shape index (κ1) is 20.3. The van der Waals surface area contributed by atoms with Gasteiger partial charge in [-0.2, -0.15) is 0 Å². The van der Waals surface area contributed by atoms with Gasteiger partial charge in [-0.1, -0.05) is 71.3 Å². The van der Waals surface area contributed by atoms with Crippen LogP contribution in [0.5, 0.6) is 0 Å². The van der Waals surface area contributed by atoms with E-state index >= 15 is 0 Å². The Labute approximate surface area is 192 Å². The van der Waals surface area contributed by atoms with Gasteiger partial charge in [-0.25, -0.2) is 0 Å². The van der Waals surface area contributed by atoms with Gasteiger partial charge in [-0.15, -0.1) is 0 Å². The number of amides is 1. The van der Waals surface area contributed by atoms with Crippen molar-refractivity contribution < 1.29 is 4.79 Å². The molecule has 5 rings (SSSR count). The van der Waals surface area contributed by atoms with Crippen LogP contribution in [0.3, 0.4) is 0 Å². The normalized spacial score (nSPS) is 11.3. The van der Waals surface area contributed by atoms with Gasteiger partial charge in [0.1, 0.15) is 0 Å². The van der Waals surface area contributed by atoms with Crippen molar-refractivity contribution in [3.63, 3.8) is 0 Å². The van der Waals surface area contributed by atoms with E-state index in [-0.39, 0.29) is 0 Å². The van der Waals surface area contributed by atoms with Crippen molar-refractivity contribution in [3.8, 4) is 11.1 Å². The second-order valence-corrected chi connectivity index (χ2v) is 8.82. The van der Waals surface area contributed by atoms with Gasteiger partial charge in [0.25, 0.3) is 0 Å². The molecule has 0 saturated heterocycles. The summed E-state index contributed by atoms with van der Waals surface area (Å²) in [5, 5.41) is 2.64. The number of fused-ring (bicyclic) bond motifs is 3. The lowest BCUT2D eigenvalue weighted by molar-refractivity contribution is 0.100. The Morgan fingerprint density at radius 2 is 1.53 bits per heavy atom. The van der Waals surface area contributed by atoms with Gasteiger partial charge in [-0.05, 0) is 60.9 Å². The van der Waals surface area contributed by atoms with Crippen LogP contribution < -0.4 is 5.73 Å². The molecule has 5 aromatic rings. The molecular formula is C28H23ClN2O. The van der Waals surface area contributed by atoms with E-state index in [4.69, 9.17) is 17.3 Å². The highest BCUT2D eigenvalue weighted by atomic mass is 35.5. The Hall–Kier alpha value is -3.56. The number of benzene rings is 4. The monoisotopic (exact) mass is 438 g/mol. The molecule has 1 amide bonds. The van der Waals surface area contributed by atoms with Crippen molar-refractivity contribution in [2.75, 3.05) is 0 Å². The maximum atomic E-state index is 12.2. The van der Waals surface area contributed by atoms with Gasteiger partial charge in [-0.3, -0.25) is 4.79 Å². The van der Waals surface area contributed by atoms with Gasteiger partial charge in [0, 0.05) is 27.9 Å². The number of carbonyl (C=O) groups excluding carboxylic acids is 1. The van der Waals surface area contributed by atoms with E-state index in [9.17, 15) is 4.79 Å². The number of halogens is 1. The molecule has 0 fully saturated rings. The second-order valence-electron chi connectivity index (χ2n) is 8.38. The topological polar surface area (TPSA) is 48.0 Å². The third-order valence-corrected chi connectivity index (χ3v) is 6.21. The zero-order valence-corrected chi connectivity index (χ0v) is 18.8. The minimum atomic E-state index is -0.414. The minimum Gasteiger partial charge on any atom is -0.366 e. The number of primary amides is 1. The Kier molecular flexibility index (Phi) is 4.99. The van der Waals surface area contributed by atoms with E-state index in [0.717, 1.165) is 32.9 Å². The Bertz CT molecular complexity index is 1480. The molecule has 1 heterocycles. The van der Waals surface area contributed by atoms with Gasteiger partial charge in [0.2, 0.25) is 5.91 Å². The third-order valence-electron chi connectivity index (χ3n) is 5.96. The lowest BCUT2D eigenvalue weighted by Gasteiger charge is -2.11. The number of nitrogens with zero attached hydrogens (tertiary/aromatic N) is 1. The SMILES string of the molecule is Cc1cc(C)cc(Cn2c3cc(-c4ccc(Cl)cc4)ccc3c3c(C(N)=O)cccc32)c1. The predicted molar refractivity (Wildman–Crippen MR) is 133 cm³/mol. The molecule has 32 heavy (non-hydrogen) atoms. The Morgan fingerprint density at radius 3 is 2.22 bits per heavy atom. The molecule has 0 spiro atoms. The van der Waals surface area contributed by atoms with Crippen LogP contribution in [0, 0.1) is 13.8 Å². The maximum absolute atomic E-state index is 12.2. The summed E-state index contributed by atoms with van der Waals surface area (Å²) in [7, 11) is 0. The fraction of sp³-hybridized carbons (Fsp3) is 0.107. The van der Waals surface area contributed by atoms with Crippen LogP contribution in [0.15, 0.2) is 78.9 Å². The van der Waals surface area contributed by atoms with E-state index in [1.165, 1.54) is 16.7 Å². The van der Waals surface area contributed by atoms with Gasteiger partial charge in [0.15, 0.2) is 0 Å². The minimum absolute atomic E-state index is 0.414. The third kappa shape index (κ3) is 3.55. The number of nitrogens with two attached hydrogens (primary N) is 1. The van der Waals surface area contributed by atoms with Crippen molar-refractivity contribution in [3.05, 3.63) is 106 Å². The van der Waals surface area contributed by atoms with E-state index in [2.05, 4.69) is 60.9 Å². The first-order chi connectivity index (χ1) is 15.4. The highest BCUT2D eigenvalue weighted by molar-refractivity contribution is 6.30. The number of aromatic nitrogens is 1. The summed E-state index contributed by atoms with van der Waals surface area (Å²) >= 11 is 6.09. The standard InChI is InChI=1S/C28H23ClN2O/c1-17-12-18(2)14-19(13-17)16-31-25-5-3-4-24(28(30)32)27(25)23-11-8-21(15-26(23)31)20-6-9-22(29)10-7-20/h3-15H,16H2,1-2H3,(H2,30,32). The molecule has 0 aliphatic heterocycles. The van der Waals surface area contributed by atoms with Crippen molar-refractivity contribution in [1.82, 2.24) is 4.57 Å². The van der Waals surface area contributed by atoms with Crippen molar-refractivity contribution in [1.29, 1.82) is 0 Å². The predicted octanol–water partition coefficient (Wildman–Crippen LogP) is 6.88. The first-order valence-electron chi connectivity index (χ1n) is 10.6. The van der Waals surface area contributed by atoms with Crippen LogP contribution in [-0.4, -0.2) is 10.5 Å². The molecule has 4 heteroatoms. The molecular weight excluding hydrogens is 416 g/mol. The molecule has 0 radical (unpaired) electrons. The molecule has 4 aromatic carbocycles. The molecule has 1 aromatic heterocycles. The smallest absolute Gasteiger partial charge is 0.249 e. The molecule has 3 nitrogen and oxygen atoms in total. The Morgan fingerprint density at radius 1 is 0.844 bits per heavy atom. The molecule has 0 saturated carbocycles. The molecule has 0 bridgehead atoms. The molecule has 0 atom stereocenters. The quantitative estimate of drug-likeness (QED) is 0.326. The van der Waals surface area contributed by atoms with Crippen LogP contribution in [0.25, 0.3) is 32.9 Å². The molecule has 2 N–H and O–H groups in total. The van der Waals surface area contributed by atoms with E-state index in [1.54, 1.807) is 6.07 Å². The van der Waals surface area contributed by atoms with Crippen molar-refractivity contribution in [2.24, 2.45) is 5.73 Å². The molecule has 0 aliphatic carbocycles. The summed E-state index contributed by atoms with van der Waals surface area (Å²) in [5.74, 6) is -0.414. The van der Waals surface area contributed by atoms with Crippen LogP contribution in [0.1, 0.15) is 27.0 Å². The summed E-state index contributed by atoms with van der Waals surface area (Å²) in [6.07, 6.45) is 0.